The van der Waals surface area contributed by atoms with E-state index in [1.54, 1.807) is 12.1 Å². The number of aromatic hydroxyl groups is 1. The van der Waals surface area contributed by atoms with Gasteiger partial charge in [0, 0.05) is 28.8 Å². The number of pyridine rings is 1. The predicted molar refractivity (Wildman–Crippen MR) is 142 cm³/mol. The zero-order chi connectivity index (χ0) is 24.3. The van der Waals surface area contributed by atoms with Crippen LogP contribution in [-0.4, -0.2) is 20.1 Å². The van der Waals surface area contributed by atoms with E-state index in [4.69, 9.17) is 14.7 Å². The van der Waals surface area contributed by atoms with Gasteiger partial charge in [-0.3, -0.25) is 0 Å². The van der Waals surface area contributed by atoms with Crippen molar-refractivity contribution in [3.63, 3.8) is 0 Å². The standard InChI is InChI=1S/C31H21N3O2/c35-29-16-7-6-15-26(29)31-33-27(21-9-2-1-3-10-21)19-28(34-31)23-13-8-14-25(17-23)36-30-18-22-11-4-5-12-24(22)20-32-30/h1-20,35H. The molecule has 36 heavy (non-hydrogen) atoms. The molecule has 0 saturated heterocycles. The molecule has 0 saturated carbocycles. The second-order valence-electron chi connectivity index (χ2n) is 8.34. The SMILES string of the molecule is Oc1ccccc1-c1nc(-c2ccccc2)cc(-c2cccc(Oc3cc4ccccc4cn3)c2)n1. The van der Waals surface area contributed by atoms with E-state index in [0.29, 0.717) is 23.0 Å². The molecule has 0 aliphatic heterocycles. The van der Waals surface area contributed by atoms with Crippen molar-refractivity contribution in [2.75, 3.05) is 0 Å². The van der Waals surface area contributed by atoms with Gasteiger partial charge < -0.3 is 9.84 Å². The van der Waals surface area contributed by atoms with Crippen LogP contribution in [0.3, 0.4) is 0 Å². The Morgan fingerprint density at radius 3 is 2.11 bits per heavy atom. The van der Waals surface area contributed by atoms with Gasteiger partial charge in [-0.2, -0.15) is 0 Å². The monoisotopic (exact) mass is 467 g/mol. The molecule has 0 atom stereocenters. The summed E-state index contributed by atoms with van der Waals surface area (Å²) in [6.45, 7) is 0. The molecule has 5 heteroatoms. The molecule has 0 unspecified atom stereocenters. The lowest BCUT2D eigenvalue weighted by Crippen LogP contribution is -1.96. The number of ether oxygens (including phenoxy) is 1. The summed E-state index contributed by atoms with van der Waals surface area (Å²) in [6, 6.07) is 36.7. The van der Waals surface area contributed by atoms with Crippen molar-refractivity contribution >= 4 is 10.8 Å². The van der Waals surface area contributed by atoms with E-state index < -0.39 is 0 Å². The fraction of sp³-hybridized carbons (Fsp3) is 0. The largest absolute Gasteiger partial charge is 0.507 e. The lowest BCUT2D eigenvalue weighted by molar-refractivity contribution is 0.464. The average molecular weight is 468 g/mol. The molecule has 172 valence electrons. The molecule has 0 fully saturated rings. The fourth-order valence-electron chi connectivity index (χ4n) is 4.09. The highest BCUT2D eigenvalue weighted by molar-refractivity contribution is 5.82. The Labute approximate surface area is 208 Å². The summed E-state index contributed by atoms with van der Waals surface area (Å²) in [7, 11) is 0. The highest BCUT2D eigenvalue weighted by atomic mass is 16.5. The maximum absolute atomic E-state index is 10.5. The van der Waals surface area contributed by atoms with Crippen molar-refractivity contribution < 1.29 is 9.84 Å². The zero-order valence-electron chi connectivity index (χ0n) is 19.2. The zero-order valence-corrected chi connectivity index (χ0v) is 19.2. The third-order valence-electron chi connectivity index (χ3n) is 5.90. The van der Waals surface area contributed by atoms with Crippen LogP contribution in [0.2, 0.25) is 0 Å². The van der Waals surface area contributed by atoms with Crippen LogP contribution >= 0.6 is 0 Å². The van der Waals surface area contributed by atoms with Crippen LogP contribution in [0.5, 0.6) is 17.4 Å². The molecule has 0 spiro atoms. The Morgan fingerprint density at radius 2 is 1.28 bits per heavy atom. The smallest absolute Gasteiger partial charge is 0.219 e. The first-order valence-corrected chi connectivity index (χ1v) is 11.6. The molecular weight excluding hydrogens is 446 g/mol. The summed E-state index contributed by atoms with van der Waals surface area (Å²) in [6.07, 6.45) is 1.81. The van der Waals surface area contributed by atoms with Crippen LogP contribution in [0.4, 0.5) is 0 Å². The number of benzene rings is 4. The number of fused-ring (bicyclic) bond motifs is 1. The van der Waals surface area contributed by atoms with E-state index in [9.17, 15) is 5.11 Å². The molecule has 6 aromatic rings. The van der Waals surface area contributed by atoms with Crippen LogP contribution in [-0.2, 0) is 0 Å². The van der Waals surface area contributed by atoms with Crippen LogP contribution < -0.4 is 4.74 Å². The second kappa shape index (κ2) is 9.31. The van der Waals surface area contributed by atoms with E-state index in [0.717, 1.165) is 33.3 Å². The van der Waals surface area contributed by atoms with Gasteiger partial charge >= 0.3 is 0 Å². The minimum Gasteiger partial charge on any atom is -0.507 e. The lowest BCUT2D eigenvalue weighted by atomic mass is 10.1. The molecule has 1 N–H and O–H groups in total. The molecule has 4 aromatic carbocycles. The molecule has 0 aliphatic rings. The normalized spacial score (nSPS) is 10.9. The number of para-hydroxylation sites is 1. The number of phenols is 1. The van der Waals surface area contributed by atoms with E-state index >= 15 is 0 Å². The highest BCUT2D eigenvalue weighted by Gasteiger charge is 2.13. The molecular formula is C31H21N3O2. The molecule has 0 bridgehead atoms. The first kappa shape index (κ1) is 21.5. The molecule has 5 nitrogen and oxygen atoms in total. The molecule has 6 rings (SSSR count). The van der Waals surface area contributed by atoms with Gasteiger partial charge in [-0.25, -0.2) is 15.0 Å². The molecule has 2 aromatic heterocycles. The van der Waals surface area contributed by atoms with Crippen molar-refractivity contribution in [1.29, 1.82) is 0 Å². The van der Waals surface area contributed by atoms with E-state index in [-0.39, 0.29) is 5.75 Å². The number of rotatable bonds is 5. The molecule has 0 amide bonds. The minimum atomic E-state index is 0.133. The van der Waals surface area contributed by atoms with E-state index in [2.05, 4.69) is 4.98 Å². The molecule has 0 aliphatic carbocycles. The van der Waals surface area contributed by atoms with Crippen LogP contribution in [0.25, 0.3) is 44.7 Å². The van der Waals surface area contributed by atoms with Crippen LogP contribution in [0.15, 0.2) is 121 Å². The van der Waals surface area contributed by atoms with Gasteiger partial charge in [-0.15, -0.1) is 0 Å². The fourth-order valence-corrected chi connectivity index (χ4v) is 4.09. The average Bonchev–Trinajstić information content (AvgIpc) is 2.94. The number of nitrogens with zero attached hydrogens (tertiary/aromatic N) is 3. The summed E-state index contributed by atoms with van der Waals surface area (Å²) in [4.78, 5) is 14.0. The van der Waals surface area contributed by atoms with Gasteiger partial charge in [-0.05, 0) is 35.7 Å². The van der Waals surface area contributed by atoms with Gasteiger partial charge in [0.05, 0.1) is 17.0 Å². The van der Waals surface area contributed by atoms with Crippen LogP contribution in [0, 0.1) is 0 Å². The Hall–Kier alpha value is -5.03. The summed E-state index contributed by atoms with van der Waals surface area (Å²) in [5, 5.41) is 12.6. The summed E-state index contributed by atoms with van der Waals surface area (Å²) in [5.41, 5.74) is 3.89. The Kier molecular flexibility index (Phi) is 5.56. The van der Waals surface area contributed by atoms with E-state index in [1.807, 2.05) is 109 Å². The number of aromatic nitrogens is 3. The van der Waals surface area contributed by atoms with Crippen molar-refractivity contribution in [2.45, 2.75) is 0 Å². The lowest BCUT2D eigenvalue weighted by Gasteiger charge is -2.11. The van der Waals surface area contributed by atoms with E-state index in [1.165, 1.54) is 0 Å². The van der Waals surface area contributed by atoms with Gasteiger partial charge in [0.25, 0.3) is 0 Å². The number of hydrogen-bond acceptors (Lipinski definition) is 5. The van der Waals surface area contributed by atoms with Crippen molar-refractivity contribution in [2.24, 2.45) is 0 Å². The number of phenolic OH excluding ortho intramolecular Hbond substituents is 1. The van der Waals surface area contributed by atoms with Crippen molar-refractivity contribution in [1.82, 2.24) is 15.0 Å². The Balaban J connectivity index is 1.42. The van der Waals surface area contributed by atoms with Gasteiger partial charge in [0.15, 0.2) is 5.82 Å². The van der Waals surface area contributed by atoms with Gasteiger partial charge in [0.1, 0.15) is 11.5 Å². The van der Waals surface area contributed by atoms with Gasteiger partial charge in [-0.1, -0.05) is 78.9 Å². The molecule has 0 radical (unpaired) electrons. The Morgan fingerprint density at radius 1 is 0.583 bits per heavy atom. The summed E-state index contributed by atoms with van der Waals surface area (Å²) < 4.78 is 6.10. The first-order chi connectivity index (χ1) is 17.7. The minimum absolute atomic E-state index is 0.133. The maximum atomic E-state index is 10.5. The van der Waals surface area contributed by atoms with Gasteiger partial charge in [0.2, 0.25) is 5.88 Å². The highest BCUT2D eigenvalue weighted by Crippen LogP contribution is 2.33. The number of hydrogen-bond donors (Lipinski definition) is 1. The molecule has 2 heterocycles. The predicted octanol–water partition coefficient (Wildman–Crippen LogP) is 7.52. The topological polar surface area (TPSA) is 68.1 Å². The summed E-state index contributed by atoms with van der Waals surface area (Å²) >= 11 is 0. The maximum Gasteiger partial charge on any atom is 0.219 e. The first-order valence-electron chi connectivity index (χ1n) is 11.6. The second-order valence-corrected chi connectivity index (χ2v) is 8.34. The summed E-state index contributed by atoms with van der Waals surface area (Å²) in [5.74, 6) is 1.76. The van der Waals surface area contributed by atoms with Crippen molar-refractivity contribution in [3.8, 4) is 51.3 Å². The Bertz CT molecular complexity index is 1680. The third kappa shape index (κ3) is 4.38. The quantitative estimate of drug-likeness (QED) is 0.284. The van der Waals surface area contributed by atoms with Crippen molar-refractivity contribution in [3.05, 3.63) is 121 Å². The third-order valence-corrected chi connectivity index (χ3v) is 5.90. The van der Waals surface area contributed by atoms with Crippen LogP contribution in [0.1, 0.15) is 0 Å².